The van der Waals surface area contributed by atoms with Gasteiger partial charge in [-0.2, -0.15) is 0 Å². The fourth-order valence-corrected chi connectivity index (χ4v) is 2.55. The minimum Gasteiger partial charge on any atom is -0.497 e. The van der Waals surface area contributed by atoms with Gasteiger partial charge in [-0.15, -0.1) is 11.3 Å². The van der Waals surface area contributed by atoms with Gasteiger partial charge in [0.1, 0.15) is 15.7 Å². The van der Waals surface area contributed by atoms with Gasteiger partial charge in [0.25, 0.3) is 0 Å². The molecule has 1 aromatic carbocycles. The van der Waals surface area contributed by atoms with Crippen molar-refractivity contribution in [2.24, 2.45) is 5.73 Å². The number of hydrogen-bond donors (Lipinski definition) is 2. The average Bonchev–Trinajstić information content (AvgIpc) is 2.92. The van der Waals surface area contributed by atoms with Crippen LogP contribution in [0.15, 0.2) is 29.8 Å². The van der Waals surface area contributed by atoms with Gasteiger partial charge in [0, 0.05) is 28.9 Å². The minimum atomic E-state index is 0.0835. The van der Waals surface area contributed by atoms with Crippen LogP contribution in [0.25, 0.3) is 0 Å². The fraction of sp³-hybridized carbons (Fsp3) is 0.231. The second-order valence-electron chi connectivity index (χ2n) is 4.01. The summed E-state index contributed by atoms with van der Waals surface area (Å²) in [5, 5.41) is 6.33. The van der Waals surface area contributed by atoms with Crippen LogP contribution in [0.2, 0.25) is 0 Å². The van der Waals surface area contributed by atoms with E-state index in [1.54, 1.807) is 24.6 Å². The Kier molecular flexibility index (Phi) is 4.34. The Bertz CT molecular complexity index is 569. The Morgan fingerprint density at radius 1 is 1.53 bits per heavy atom. The van der Waals surface area contributed by atoms with Gasteiger partial charge in [0.2, 0.25) is 0 Å². The molecule has 2 aromatic rings. The zero-order chi connectivity index (χ0) is 13.8. The van der Waals surface area contributed by atoms with Gasteiger partial charge in [-0.1, -0.05) is 12.2 Å². The number of hydrogen-bond acceptors (Lipinski definition) is 5. The van der Waals surface area contributed by atoms with E-state index in [2.05, 4.69) is 10.3 Å². The van der Waals surface area contributed by atoms with Crippen molar-refractivity contribution in [1.82, 2.24) is 4.98 Å². The van der Waals surface area contributed by atoms with Crippen LogP contribution in [0.3, 0.4) is 0 Å². The largest absolute Gasteiger partial charge is 0.497 e. The number of nitrogens with zero attached hydrogens (tertiary/aromatic N) is 1. The summed E-state index contributed by atoms with van der Waals surface area (Å²) < 4.78 is 5.22. The quantitative estimate of drug-likeness (QED) is 0.830. The highest BCUT2D eigenvalue weighted by molar-refractivity contribution is 7.80. The molecule has 0 aliphatic heterocycles. The molecule has 3 N–H and O–H groups in total. The molecular formula is C13H15N3OS2. The van der Waals surface area contributed by atoms with Crippen molar-refractivity contribution in [3.63, 3.8) is 0 Å². The number of aromatic nitrogens is 1. The molecule has 19 heavy (non-hydrogen) atoms. The van der Waals surface area contributed by atoms with Crippen molar-refractivity contribution < 1.29 is 4.74 Å². The topological polar surface area (TPSA) is 60.2 Å². The number of benzene rings is 1. The lowest BCUT2D eigenvalue weighted by atomic mass is 10.1. The number of thiazole rings is 1. The van der Waals surface area contributed by atoms with E-state index in [1.807, 2.05) is 30.5 Å². The molecule has 0 aliphatic carbocycles. The van der Waals surface area contributed by atoms with E-state index >= 15 is 0 Å². The molecule has 0 spiro atoms. The van der Waals surface area contributed by atoms with E-state index in [4.69, 9.17) is 22.7 Å². The summed E-state index contributed by atoms with van der Waals surface area (Å²) >= 11 is 6.67. The van der Waals surface area contributed by atoms with Crippen molar-refractivity contribution in [2.75, 3.05) is 12.4 Å². The second kappa shape index (κ2) is 5.99. The summed E-state index contributed by atoms with van der Waals surface area (Å²) in [5.41, 5.74) is 7.40. The van der Waals surface area contributed by atoms with Crippen molar-refractivity contribution in [2.45, 2.75) is 13.0 Å². The molecule has 1 atom stereocenters. The predicted octanol–water partition coefficient (Wildman–Crippen LogP) is 2.96. The van der Waals surface area contributed by atoms with Crippen LogP contribution in [-0.2, 0) is 0 Å². The molecule has 0 radical (unpaired) electrons. The van der Waals surface area contributed by atoms with E-state index in [1.165, 1.54) is 0 Å². The number of rotatable bonds is 5. The van der Waals surface area contributed by atoms with Crippen molar-refractivity contribution in [3.8, 4) is 5.75 Å². The first-order valence-corrected chi connectivity index (χ1v) is 7.04. The second-order valence-corrected chi connectivity index (χ2v) is 5.38. The van der Waals surface area contributed by atoms with Crippen LogP contribution < -0.4 is 15.8 Å². The lowest BCUT2D eigenvalue weighted by Crippen LogP contribution is -2.15. The summed E-state index contributed by atoms with van der Waals surface area (Å²) in [5.74, 6) is 0.758. The van der Waals surface area contributed by atoms with Crippen LogP contribution in [0.5, 0.6) is 5.75 Å². The predicted molar refractivity (Wildman–Crippen MR) is 83.0 cm³/mol. The maximum atomic E-state index is 5.74. The third-order valence-corrected chi connectivity index (χ3v) is 3.86. The molecule has 0 saturated heterocycles. The lowest BCUT2D eigenvalue weighted by Gasteiger charge is -2.17. The maximum Gasteiger partial charge on any atom is 0.120 e. The Labute approximate surface area is 121 Å². The molecule has 6 heteroatoms. The fourth-order valence-electron chi connectivity index (χ4n) is 1.73. The SMILES string of the molecule is COc1ccc(C(N)=S)c(NC(C)c2nccs2)c1. The van der Waals surface area contributed by atoms with E-state index in [0.29, 0.717) is 4.99 Å². The molecule has 1 unspecified atom stereocenters. The molecule has 2 rings (SSSR count). The number of methoxy groups -OCH3 is 1. The molecule has 0 bridgehead atoms. The summed E-state index contributed by atoms with van der Waals surface area (Å²) in [4.78, 5) is 4.65. The molecule has 1 heterocycles. The average molecular weight is 293 g/mol. The third kappa shape index (κ3) is 3.21. The molecule has 0 fully saturated rings. The van der Waals surface area contributed by atoms with Crippen LogP contribution in [0.4, 0.5) is 5.69 Å². The Morgan fingerprint density at radius 2 is 2.32 bits per heavy atom. The summed E-state index contributed by atoms with van der Waals surface area (Å²) in [6, 6.07) is 5.67. The van der Waals surface area contributed by atoms with Crippen LogP contribution >= 0.6 is 23.6 Å². The van der Waals surface area contributed by atoms with Crippen molar-refractivity contribution >= 4 is 34.2 Å². The van der Waals surface area contributed by atoms with Crippen molar-refractivity contribution in [3.05, 3.63) is 40.3 Å². The van der Waals surface area contributed by atoms with Crippen LogP contribution in [0, 0.1) is 0 Å². The molecule has 4 nitrogen and oxygen atoms in total. The number of thiocarbonyl (C=S) groups is 1. The van der Waals surface area contributed by atoms with E-state index in [9.17, 15) is 0 Å². The highest BCUT2D eigenvalue weighted by atomic mass is 32.1. The van der Waals surface area contributed by atoms with Crippen LogP contribution in [-0.4, -0.2) is 17.1 Å². The van der Waals surface area contributed by atoms with Crippen molar-refractivity contribution in [1.29, 1.82) is 0 Å². The summed E-state index contributed by atoms with van der Waals surface area (Å²) in [7, 11) is 1.63. The monoisotopic (exact) mass is 293 g/mol. The number of nitrogens with two attached hydrogens (primary N) is 1. The third-order valence-electron chi connectivity index (χ3n) is 2.69. The Morgan fingerprint density at radius 3 is 2.89 bits per heavy atom. The van der Waals surface area contributed by atoms with Gasteiger partial charge in [-0.3, -0.25) is 0 Å². The normalized spacial score (nSPS) is 11.9. The summed E-state index contributed by atoms with van der Waals surface area (Å²) in [6.45, 7) is 2.04. The molecule has 1 aromatic heterocycles. The van der Waals surface area contributed by atoms with Gasteiger partial charge in [0.05, 0.1) is 13.2 Å². The molecule has 100 valence electrons. The maximum absolute atomic E-state index is 5.74. The van der Waals surface area contributed by atoms with Gasteiger partial charge in [-0.25, -0.2) is 4.98 Å². The smallest absolute Gasteiger partial charge is 0.120 e. The first-order chi connectivity index (χ1) is 9.11. The van der Waals surface area contributed by atoms with Gasteiger partial charge in [0.15, 0.2) is 0 Å². The lowest BCUT2D eigenvalue weighted by molar-refractivity contribution is 0.415. The highest BCUT2D eigenvalue weighted by Crippen LogP contribution is 2.27. The zero-order valence-corrected chi connectivity index (χ0v) is 12.3. The van der Waals surface area contributed by atoms with Gasteiger partial charge >= 0.3 is 0 Å². The highest BCUT2D eigenvalue weighted by Gasteiger charge is 2.12. The van der Waals surface area contributed by atoms with Gasteiger partial charge in [-0.05, 0) is 19.1 Å². The standard InChI is InChI=1S/C13H15N3OS2/c1-8(13-15-5-6-19-13)16-11-7-9(17-2)3-4-10(11)12(14)18/h3-8,16H,1-2H3,(H2,14,18). The molecule has 0 saturated carbocycles. The minimum absolute atomic E-state index is 0.0835. The van der Waals surface area contributed by atoms with E-state index < -0.39 is 0 Å². The Balaban J connectivity index is 2.29. The Hall–Kier alpha value is -1.66. The summed E-state index contributed by atoms with van der Waals surface area (Å²) in [6.07, 6.45) is 1.79. The number of ether oxygens (including phenoxy) is 1. The number of nitrogens with one attached hydrogen (secondary N) is 1. The molecule has 0 aliphatic rings. The van der Waals surface area contributed by atoms with Crippen LogP contribution in [0.1, 0.15) is 23.5 Å². The van der Waals surface area contributed by atoms with E-state index in [-0.39, 0.29) is 6.04 Å². The first kappa shape index (κ1) is 13.8. The molecule has 0 amide bonds. The van der Waals surface area contributed by atoms with E-state index in [0.717, 1.165) is 22.0 Å². The van der Waals surface area contributed by atoms with Gasteiger partial charge < -0.3 is 15.8 Å². The first-order valence-electron chi connectivity index (χ1n) is 5.75. The molecular weight excluding hydrogens is 278 g/mol. The zero-order valence-electron chi connectivity index (χ0n) is 10.7. The number of anilines is 1.